The van der Waals surface area contributed by atoms with Crippen LogP contribution in [0.1, 0.15) is 6.42 Å². The maximum Gasteiger partial charge on any atom is 0.250 e. The molecule has 1 aliphatic rings. The van der Waals surface area contributed by atoms with Crippen molar-refractivity contribution in [3.05, 3.63) is 35.7 Å². The van der Waals surface area contributed by atoms with Crippen molar-refractivity contribution >= 4 is 33.0 Å². The number of rotatable bonds is 6. The van der Waals surface area contributed by atoms with Gasteiger partial charge in [-0.05, 0) is 23.6 Å². The quantitative estimate of drug-likeness (QED) is 0.824. The van der Waals surface area contributed by atoms with Crippen molar-refractivity contribution in [2.45, 2.75) is 16.7 Å². The Bertz CT molecular complexity index is 865. The van der Waals surface area contributed by atoms with Gasteiger partial charge in [0.1, 0.15) is 4.21 Å². The van der Waals surface area contributed by atoms with Crippen LogP contribution < -0.4 is 19.1 Å². The third-order valence-electron chi connectivity index (χ3n) is 3.89. The fourth-order valence-corrected chi connectivity index (χ4v) is 4.96. The van der Waals surface area contributed by atoms with Gasteiger partial charge in [0, 0.05) is 30.8 Å². The number of methoxy groups -OCH3 is 2. The molecule has 0 unspecified atom stereocenters. The average Bonchev–Trinajstić information content (AvgIpc) is 3.24. The van der Waals surface area contributed by atoms with Crippen molar-refractivity contribution < 1.29 is 22.7 Å². The number of sulfonamides is 1. The van der Waals surface area contributed by atoms with Crippen LogP contribution >= 0.6 is 11.3 Å². The van der Waals surface area contributed by atoms with Gasteiger partial charge in [-0.1, -0.05) is 6.07 Å². The van der Waals surface area contributed by atoms with E-state index in [-0.39, 0.29) is 23.1 Å². The summed E-state index contributed by atoms with van der Waals surface area (Å²) in [6.07, 6.45) is 0.110. The second-order valence-corrected chi connectivity index (χ2v) is 8.39. The summed E-state index contributed by atoms with van der Waals surface area (Å²) in [7, 11) is -0.553. The van der Waals surface area contributed by atoms with Crippen LogP contribution in [0.5, 0.6) is 11.5 Å². The zero-order valence-corrected chi connectivity index (χ0v) is 15.4. The molecule has 25 heavy (non-hydrogen) atoms. The molecule has 3 rings (SSSR count). The fourth-order valence-electron chi connectivity index (χ4n) is 2.72. The van der Waals surface area contributed by atoms with E-state index >= 15 is 0 Å². The lowest BCUT2D eigenvalue weighted by Crippen LogP contribution is -2.36. The number of hydrogen-bond donors (Lipinski definition) is 1. The average molecular weight is 382 g/mol. The lowest BCUT2D eigenvalue weighted by Gasteiger charge is -2.19. The van der Waals surface area contributed by atoms with Gasteiger partial charge in [0.05, 0.1) is 14.2 Å². The molecule has 0 aliphatic carbocycles. The van der Waals surface area contributed by atoms with Crippen LogP contribution in [0.3, 0.4) is 0 Å². The Morgan fingerprint density at radius 2 is 1.96 bits per heavy atom. The van der Waals surface area contributed by atoms with E-state index in [9.17, 15) is 13.2 Å². The standard InChI is InChI=1S/C16H18N2O5S2/c1-22-13-6-5-12(9-14(13)23-2)18-10-11(8-15(18)19)17-25(20,21)16-4-3-7-24-16/h3-7,9,11,17H,8,10H2,1-2H3/t11-/m0/s1. The van der Waals surface area contributed by atoms with Crippen LogP contribution in [0.4, 0.5) is 5.69 Å². The molecule has 1 fully saturated rings. The van der Waals surface area contributed by atoms with Gasteiger partial charge < -0.3 is 14.4 Å². The topological polar surface area (TPSA) is 84.9 Å². The second-order valence-electron chi connectivity index (χ2n) is 5.50. The molecule has 1 saturated heterocycles. The van der Waals surface area contributed by atoms with Crippen molar-refractivity contribution in [3.8, 4) is 11.5 Å². The summed E-state index contributed by atoms with van der Waals surface area (Å²) in [4.78, 5) is 13.9. The molecule has 1 atom stereocenters. The Morgan fingerprint density at radius 3 is 2.60 bits per heavy atom. The van der Waals surface area contributed by atoms with E-state index in [0.29, 0.717) is 17.2 Å². The predicted octanol–water partition coefficient (Wildman–Crippen LogP) is 1.85. The summed E-state index contributed by atoms with van der Waals surface area (Å²) in [5.41, 5.74) is 0.639. The summed E-state index contributed by atoms with van der Waals surface area (Å²) in [5, 5.41) is 1.70. The molecule has 2 heterocycles. The van der Waals surface area contributed by atoms with Crippen molar-refractivity contribution in [2.75, 3.05) is 25.7 Å². The number of ether oxygens (including phenoxy) is 2. The van der Waals surface area contributed by atoms with Gasteiger partial charge in [-0.25, -0.2) is 13.1 Å². The minimum Gasteiger partial charge on any atom is -0.493 e. The van der Waals surface area contributed by atoms with Crippen molar-refractivity contribution in [1.29, 1.82) is 0 Å². The zero-order chi connectivity index (χ0) is 18.0. The second kappa shape index (κ2) is 7.03. The molecule has 0 saturated carbocycles. The number of thiophene rings is 1. The summed E-state index contributed by atoms with van der Waals surface area (Å²) < 4.78 is 37.9. The number of nitrogens with zero attached hydrogens (tertiary/aromatic N) is 1. The minimum absolute atomic E-state index is 0.110. The molecule has 1 aromatic heterocycles. The molecule has 0 radical (unpaired) electrons. The van der Waals surface area contributed by atoms with Crippen LogP contribution in [-0.4, -0.2) is 41.1 Å². The van der Waals surface area contributed by atoms with Crippen LogP contribution in [0.2, 0.25) is 0 Å². The molecule has 2 aromatic rings. The number of carbonyl (C=O) groups is 1. The van der Waals surface area contributed by atoms with Gasteiger partial charge in [-0.3, -0.25) is 4.79 Å². The molecule has 7 nitrogen and oxygen atoms in total. The highest BCUT2D eigenvalue weighted by molar-refractivity contribution is 7.91. The highest BCUT2D eigenvalue weighted by Gasteiger charge is 2.34. The van der Waals surface area contributed by atoms with Gasteiger partial charge in [0.2, 0.25) is 15.9 Å². The third kappa shape index (κ3) is 3.63. The number of amides is 1. The number of carbonyl (C=O) groups excluding carboxylic acids is 1. The molecular weight excluding hydrogens is 364 g/mol. The number of anilines is 1. The van der Waals surface area contributed by atoms with Crippen molar-refractivity contribution in [2.24, 2.45) is 0 Å². The Morgan fingerprint density at radius 1 is 1.20 bits per heavy atom. The number of benzene rings is 1. The van der Waals surface area contributed by atoms with E-state index < -0.39 is 16.1 Å². The largest absolute Gasteiger partial charge is 0.493 e. The third-order valence-corrected chi connectivity index (χ3v) is 6.80. The molecule has 1 amide bonds. The summed E-state index contributed by atoms with van der Waals surface area (Å²) in [6.45, 7) is 0.263. The first-order valence-corrected chi connectivity index (χ1v) is 9.89. The Labute approximate surface area is 150 Å². The summed E-state index contributed by atoms with van der Waals surface area (Å²) in [5.74, 6) is 0.925. The smallest absolute Gasteiger partial charge is 0.250 e. The van der Waals surface area contributed by atoms with Gasteiger partial charge in [0.15, 0.2) is 11.5 Å². The van der Waals surface area contributed by atoms with Gasteiger partial charge >= 0.3 is 0 Å². The highest BCUT2D eigenvalue weighted by Crippen LogP contribution is 2.33. The Kier molecular flexibility index (Phi) is 4.98. The maximum absolute atomic E-state index is 12.3. The van der Waals surface area contributed by atoms with Gasteiger partial charge in [-0.2, -0.15) is 0 Å². The highest BCUT2D eigenvalue weighted by atomic mass is 32.2. The zero-order valence-electron chi connectivity index (χ0n) is 13.8. The molecule has 1 aromatic carbocycles. The summed E-state index contributed by atoms with van der Waals surface area (Å²) >= 11 is 1.14. The molecule has 9 heteroatoms. The predicted molar refractivity (Wildman–Crippen MR) is 94.9 cm³/mol. The molecule has 1 aliphatic heterocycles. The fraction of sp³-hybridized carbons (Fsp3) is 0.312. The number of hydrogen-bond acceptors (Lipinski definition) is 6. The SMILES string of the molecule is COc1ccc(N2C[C@@H](NS(=O)(=O)c3cccs3)CC2=O)cc1OC. The molecule has 0 bridgehead atoms. The van der Waals surface area contributed by atoms with E-state index in [0.717, 1.165) is 11.3 Å². The van der Waals surface area contributed by atoms with Crippen LogP contribution in [0, 0.1) is 0 Å². The van der Waals surface area contributed by atoms with Crippen LogP contribution in [0.15, 0.2) is 39.9 Å². The molecular formula is C16H18N2O5S2. The Balaban J connectivity index is 1.77. The lowest BCUT2D eigenvalue weighted by atomic mass is 10.2. The van der Waals surface area contributed by atoms with E-state index in [1.54, 1.807) is 34.5 Å². The monoisotopic (exact) mass is 382 g/mol. The van der Waals surface area contributed by atoms with Crippen LogP contribution in [-0.2, 0) is 14.8 Å². The number of nitrogens with one attached hydrogen (secondary N) is 1. The lowest BCUT2D eigenvalue weighted by molar-refractivity contribution is -0.117. The van der Waals surface area contributed by atoms with Crippen molar-refractivity contribution in [3.63, 3.8) is 0 Å². The first-order valence-electron chi connectivity index (χ1n) is 7.53. The summed E-state index contributed by atoms with van der Waals surface area (Å²) in [6, 6.07) is 7.89. The van der Waals surface area contributed by atoms with E-state index in [2.05, 4.69) is 4.72 Å². The van der Waals surface area contributed by atoms with E-state index in [4.69, 9.17) is 9.47 Å². The van der Waals surface area contributed by atoms with Gasteiger partial charge in [-0.15, -0.1) is 11.3 Å². The van der Waals surface area contributed by atoms with Crippen LogP contribution in [0.25, 0.3) is 0 Å². The van der Waals surface area contributed by atoms with E-state index in [1.165, 1.54) is 20.3 Å². The first kappa shape index (κ1) is 17.7. The molecule has 0 spiro atoms. The Hall–Kier alpha value is -2.10. The molecule has 1 N–H and O–H groups in total. The van der Waals surface area contributed by atoms with E-state index in [1.807, 2.05) is 0 Å². The first-order chi connectivity index (χ1) is 11.9. The molecule has 134 valence electrons. The normalized spacial score (nSPS) is 17.8. The minimum atomic E-state index is -3.61. The van der Waals surface area contributed by atoms with Gasteiger partial charge in [0.25, 0.3) is 0 Å². The van der Waals surface area contributed by atoms with Crippen molar-refractivity contribution in [1.82, 2.24) is 4.72 Å². The maximum atomic E-state index is 12.3.